The number of ether oxygens (including phenoxy) is 1. The summed E-state index contributed by atoms with van der Waals surface area (Å²) in [5.41, 5.74) is 1.30. The second kappa shape index (κ2) is 6.75. The van der Waals surface area contributed by atoms with Gasteiger partial charge in [-0.3, -0.25) is 4.90 Å². The molecule has 3 heterocycles. The molecule has 2 aliphatic rings. The number of nitrogens with zero attached hydrogens (tertiary/aromatic N) is 2. The Bertz CT molecular complexity index is 434. The predicted octanol–water partition coefficient (Wildman–Crippen LogP) is 2.59. The number of hydrogen-bond donors (Lipinski definition) is 1. The van der Waals surface area contributed by atoms with Crippen molar-refractivity contribution in [3.05, 3.63) is 23.9 Å². The average molecular weight is 289 g/mol. The van der Waals surface area contributed by atoms with E-state index in [2.05, 4.69) is 28.2 Å². The van der Waals surface area contributed by atoms with E-state index in [0.29, 0.717) is 5.88 Å². The van der Waals surface area contributed by atoms with Gasteiger partial charge in [0, 0.05) is 36.9 Å². The molecule has 2 saturated heterocycles. The molecule has 2 bridgehead atoms. The molecule has 0 radical (unpaired) electrons. The SMILES string of the molecule is CCCNC1CC2CCC(C1)N2Cc1ccc(OC)nc1. The van der Waals surface area contributed by atoms with Gasteiger partial charge in [-0.2, -0.15) is 0 Å². The van der Waals surface area contributed by atoms with Crippen molar-refractivity contribution < 1.29 is 4.74 Å². The summed E-state index contributed by atoms with van der Waals surface area (Å²) in [5.74, 6) is 0.698. The molecule has 4 heteroatoms. The number of nitrogens with one attached hydrogen (secondary N) is 1. The van der Waals surface area contributed by atoms with E-state index >= 15 is 0 Å². The van der Waals surface area contributed by atoms with Crippen LogP contribution in [-0.4, -0.2) is 41.7 Å². The topological polar surface area (TPSA) is 37.4 Å². The second-order valence-corrected chi connectivity index (χ2v) is 6.39. The van der Waals surface area contributed by atoms with E-state index in [1.807, 2.05) is 12.3 Å². The third-order valence-corrected chi connectivity index (χ3v) is 4.94. The van der Waals surface area contributed by atoms with Gasteiger partial charge in [-0.15, -0.1) is 0 Å². The molecule has 2 aliphatic heterocycles. The van der Waals surface area contributed by atoms with Crippen LogP contribution < -0.4 is 10.1 Å². The molecule has 0 aliphatic carbocycles. The quantitative estimate of drug-likeness (QED) is 0.873. The van der Waals surface area contributed by atoms with Crippen LogP contribution in [0.5, 0.6) is 5.88 Å². The lowest BCUT2D eigenvalue weighted by Gasteiger charge is -2.39. The van der Waals surface area contributed by atoms with Gasteiger partial charge in [0.15, 0.2) is 0 Å². The molecule has 0 spiro atoms. The summed E-state index contributed by atoms with van der Waals surface area (Å²) in [6.07, 6.45) is 8.52. The number of pyridine rings is 1. The normalized spacial score (nSPS) is 28.8. The maximum absolute atomic E-state index is 5.13. The van der Waals surface area contributed by atoms with E-state index in [9.17, 15) is 0 Å². The van der Waals surface area contributed by atoms with E-state index in [-0.39, 0.29) is 0 Å². The van der Waals surface area contributed by atoms with Gasteiger partial charge in [-0.1, -0.05) is 13.0 Å². The molecule has 4 nitrogen and oxygen atoms in total. The van der Waals surface area contributed by atoms with Gasteiger partial charge in [-0.05, 0) is 44.2 Å². The molecular formula is C17H27N3O. The molecule has 1 aromatic rings. The Balaban J connectivity index is 1.59. The van der Waals surface area contributed by atoms with Gasteiger partial charge in [0.05, 0.1) is 7.11 Å². The summed E-state index contributed by atoms with van der Waals surface area (Å²) < 4.78 is 5.13. The first-order valence-corrected chi connectivity index (χ1v) is 8.28. The zero-order chi connectivity index (χ0) is 14.7. The van der Waals surface area contributed by atoms with E-state index in [1.165, 1.54) is 37.7 Å². The highest BCUT2D eigenvalue weighted by molar-refractivity contribution is 5.18. The van der Waals surface area contributed by atoms with Crippen LogP contribution in [-0.2, 0) is 6.54 Å². The summed E-state index contributed by atoms with van der Waals surface area (Å²) >= 11 is 0. The number of methoxy groups -OCH3 is 1. The van der Waals surface area contributed by atoms with Crippen molar-refractivity contribution in [1.82, 2.24) is 15.2 Å². The zero-order valence-electron chi connectivity index (χ0n) is 13.2. The highest BCUT2D eigenvalue weighted by atomic mass is 16.5. The van der Waals surface area contributed by atoms with Crippen molar-refractivity contribution >= 4 is 0 Å². The first-order valence-electron chi connectivity index (χ1n) is 8.28. The Labute approximate surface area is 127 Å². The number of rotatable bonds is 6. The Morgan fingerprint density at radius 2 is 2.05 bits per heavy atom. The van der Waals surface area contributed by atoms with Crippen molar-refractivity contribution in [2.45, 2.75) is 63.7 Å². The van der Waals surface area contributed by atoms with Crippen molar-refractivity contribution in [3.63, 3.8) is 0 Å². The molecule has 116 valence electrons. The van der Waals surface area contributed by atoms with Crippen LogP contribution in [0.2, 0.25) is 0 Å². The van der Waals surface area contributed by atoms with E-state index in [1.54, 1.807) is 7.11 Å². The van der Waals surface area contributed by atoms with Gasteiger partial charge in [0.2, 0.25) is 5.88 Å². The van der Waals surface area contributed by atoms with Crippen LogP contribution in [0, 0.1) is 0 Å². The number of piperidine rings is 1. The first-order chi connectivity index (χ1) is 10.3. The Morgan fingerprint density at radius 1 is 1.29 bits per heavy atom. The monoisotopic (exact) mass is 289 g/mol. The van der Waals surface area contributed by atoms with Crippen molar-refractivity contribution in [3.8, 4) is 5.88 Å². The molecular weight excluding hydrogens is 262 g/mol. The highest BCUT2D eigenvalue weighted by Crippen LogP contribution is 2.36. The Kier molecular flexibility index (Phi) is 4.76. The molecule has 0 saturated carbocycles. The fourth-order valence-electron chi connectivity index (χ4n) is 3.88. The molecule has 0 amide bonds. The Morgan fingerprint density at radius 3 is 2.62 bits per heavy atom. The largest absolute Gasteiger partial charge is 0.481 e. The molecule has 2 unspecified atom stereocenters. The lowest BCUT2D eigenvalue weighted by atomic mass is 9.96. The molecule has 1 N–H and O–H groups in total. The molecule has 2 atom stereocenters. The summed E-state index contributed by atoms with van der Waals surface area (Å²) in [5, 5.41) is 3.72. The minimum absolute atomic E-state index is 0.698. The van der Waals surface area contributed by atoms with Gasteiger partial charge in [-0.25, -0.2) is 4.98 Å². The zero-order valence-corrected chi connectivity index (χ0v) is 13.2. The third-order valence-electron chi connectivity index (χ3n) is 4.94. The number of fused-ring (bicyclic) bond motifs is 2. The third kappa shape index (κ3) is 3.38. The smallest absolute Gasteiger partial charge is 0.212 e. The lowest BCUT2D eigenvalue weighted by Crippen LogP contribution is -2.48. The second-order valence-electron chi connectivity index (χ2n) is 6.39. The van der Waals surface area contributed by atoms with Crippen molar-refractivity contribution in [1.29, 1.82) is 0 Å². The van der Waals surface area contributed by atoms with E-state index < -0.39 is 0 Å². The highest BCUT2D eigenvalue weighted by Gasteiger charge is 2.40. The van der Waals surface area contributed by atoms with Gasteiger partial charge in [0.1, 0.15) is 0 Å². The van der Waals surface area contributed by atoms with Crippen LogP contribution in [0.1, 0.15) is 44.6 Å². The lowest BCUT2D eigenvalue weighted by molar-refractivity contribution is 0.109. The van der Waals surface area contributed by atoms with E-state index in [0.717, 1.165) is 31.2 Å². The van der Waals surface area contributed by atoms with Crippen LogP contribution in [0.15, 0.2) is 18.3 Å². The maximum Gasteiger partial charge on any atom is 0.212 e. The van der Waals surface area contributed by atoms with Gasteiger partial charge < -0.3 is 10.1 Å². The maximum atomic E-state index is 5.13. The summed E-state index contributed by atoms with van der Waals surface area (Å²) in [4.78, 5) is 7.03. The molecule has 2 fully saturated rings. The average Bonchev–Trinajstić information content (AvgIpc) is 2.75. The van der Waals surface area contributed by atoms with Crippen molar-refractivity contribution in [2.75, 3.05) is 13.7 Å². The van der Waals surface area contributed by atoms with Gasteiger partial charge >= 0.3 is 0 Å². The van der Waals surface area contributed by atoms with Crippen LogP contribution in [0.4, 0.5) is 0 Å². The minimum atomic E-state index is 0.698. The van der Waals surface area contributed by atoms with Gasteiger partial charge in [0.25, 0.3) is 0 Å². The fourth-order valence-corrected chi connectivity index (χ4v) is 3.88. The van der Waals surface area contributed by atoms with Crippen LogP contribution in [0.25, 0.3) is 0 Å². The van der Waals surface area contributed by atoms with E-state index in [4.69, 9.17) is 4.74 Å². The fraction of sp³-hybridized carbons (Fsp3) is 0.706. The standard InChI is InChI=1S/C17H27N3O/c1-3-8-18-14-9-15-5-6-16(10-14)20(15)12-13-4-7-17(21-2)19-11-13/h4,7,11,14-16,18H,3,5-6,8-10,12H2,1-2H3. The summed E-state index contributed by atoms with van der Waals surface area (Å²) in [7, 11) is 1.66. The molecule has 3 rings (SSSR count). The summed E-state index contributed by atoms with van der Waals surface area (Å²) in [6.45, 7) is 4.44. The summed E-state index contributed by atoms with van der Waals surface area (Å²) in [6, 6.07) is 6.34. The Hall–Kier alpha value is -1.13. The molecule has 21 heavy (non-hydrogen) atoms. The predicted molar refractivity (Wildman–Crippen MR) is 84.5 cm³/mol. The number of hydrogen-bond acceptors (Lipinski definition) is 4. The first kappa shape index (κ1) is 14.8. The number of aromatic nitrogens is 1. The molecule has 1 aromatic heterocycles. The minimum Gasteiger partial charge on any atom is -0.481 e. The van der Waals surface area contributed by atoms with Crippen molar-refractivity contribution in [2.24, 2.45) is 0 Å². The van der Waals surface area contributed by atoms with Crippen LogP contribution >= 0.6 is 0 Å². The van der Waals surface area contributed by atoms with Crippen LogP contribution in [0.3, 0.4) is 0 Å². The molecule has 0 aromatic carbocycles.